The number of hydrogen-bond donors (Lipinski definition) is 1. The van der Waals surface area contributed by atoms with Crippen LogP contribution in [0.5, 0.6) is 0 Å². The lowest BCUT2D eigenvalue weighted by molar-refractivity contribution is -0.137. The minimum absolute atomic E-state index is 0.258. The fraction of sp³-hybridized carbons (Fsp3) is 0.611. The fourth-order valence-corrected chi connectivity index (χ4v) is 3.30. The molecular weight excluding hydrogens is 317 g/mol. The molecule has 132 valence electrons. The average molecular weight is 340 g/mol. The summed E-state index contributed by atoms with van der Waals surface area (Å²) in [6.07, 6.45) is -1.35. The smallest absolute Gasteiger partial charge is 0.342 e. The van der Waals surface area contributed by atoms with Gasteiger partial charge in [0.1, 0.15) is 0 Å². The summed E-state index contributed by atoms with van der Waals surface area (Å²) in [6.45, 7) is 4.20. The molecule has 0 spiro atoms. The van der Waals surface area contributed by atoms with E-state index in [0.717, 1.165) is 50.0 Å². The molecule has 1 saturated carbocycles. The lowest BCUT2D eigenvalue weighted by atomic mass is 9.93. The van der Waals surface area contributed by atoms with Gasteiger partial charge in [0, 0.05) is 31.6 Å². The number of hydrogen-bond acceptors (Lipinski definition) is 2. The quantitative estimate of drug-likeness (QED) is 0.911. The summed E-state index contributed by atoms with van der Waals surface area (Å²) < 4.78 is 37.7. The van der Waals surface area contributed by atoms with Crippen LogP contribution in [0.4, 0.5) is 13.2 Å². The van der Waals surface area contributed by atoms with Crippen molar-refractivity contribution in [2.75, 3.05) is 13.1 Å². The maximum absolute atomic E-state index is 12.6. The maximum Gasteiger partial charge on any atom is 0.416 e. The second-order valence-corrected chi connectivity index (χ2v) is 7.01. The van der Waals surface area contributed by atoms with Crippen molar-refractivity contribution in [2.45, 2.75) is 44.9 Å². The minimum Gasteiger partial charge on any atom is -0.342 e. The van der Waals surface area contributed by atoms with Gasteiger partial charge in [0.2, 0.25) is 5.91 Å². The SMILES string of the molecule is C[C@H]1CN(C(=O)C2CC2)CC[C@H]1NCc1ccc(C(F)(F)F)cc1. The van der Waals surface area contributed by atoms with Crippen molar-refractivity contribution < 1.29 is 18.0 Å². The Morgan fingerprint density at radius 3 is 2.42 bits per heavy atom. The van der Waals surface area contributed by atoms with E-state index in [1.165, 1.54) is 12.1 Å². The van der Waals surface area contributed by atoms with Gasteiger partial charge >= 0.3 is 6.18 Å². The van der Waals surface area contributed by atoms with Crippen LogP contribution in [0.25, 0.3) is 0 Å². The second kappa shape index (κ2) is 6.75. The summed E-state index contributed by atoms with van der Waals surface area (Å²) >= 11 is 0. The van der Waals surface area contributed by atoms with Gasteiger partial charge in [0.15, 0.2) is 0 Å². The van der Waals surface area contributed by atoms with Gasteiger partial charge < -0.3 is 10.2 Å². The number of piperidine rings is 1. The van der Waals surface area contributed by atoms with Crippen LogP contribution in [0.1, 0.15) is 37.3 Å². The number of alkyl halides is 3. The predicted octanol–water partition coefficient (Wildman–Crippen LogP) is 3.44. The van der Waals surface area contributed by atoms with Crippen LogP contribution in [0.3, 0.4) is 0 Å². The van der Waals surface area contributed by atoms with Crippen LogP contribution in [-0.4, -0.2) is 29.9 Å². The number of nitrogens with zero attached hydrogens (tertiary/aromatic N) is 1. The van der Waals surface area contributed by atoms with Crippen molar-refractivity contribution in [1.82, 2.24) is 10.2 Å². The van der Waals surface area contributed by atoms with Crippen LogP contribution in [0, 0.1) is 11.8 Å². The monoisotopic (exact) mass is 340 g/mol. The Balaban J connectivity index is 1.49. The number of carbonyl (C=O) groups is 1. The molecule has 1 aromatic carbocycles. The average Bonchev–Trinajstić information content (AvgIpc) is 3.37. The number of amides is 1. The molecule has 0 aromatic heterocycles. The second-order valence-electron chi connectivity index (χ2n) is 7.01. The van der Waals surface area contributed by atoms with Gasteiger partial charge in [-0.1, -0.05) is 19.1 Å². The maximum atomic E-state index is 12.6. The molecule has 0 bridgehead atoms. The van der Waals surface area contributed by atoms with Gasteiger partial charge in [-0.05, 0) is 42.9 Å². The molecule has 1 saturated heterocycles. The van der Waals surface area contributed by atoms with Crippen molar-refractivity contribution in [2.24, 2.45) is 11.8 Å². The number of halogens is 3. The molecule has 2 aliphatic rings. The molecule has 1 aliphatic heterocycles. The molecule has 2 atom stereocenters. The first-order valence-electron chi connectivity index (χ1n) is 8.53. The van der Waals surface area contributed by atoms with Crippen molar-refractivity contribution in [3.05, 3.63) is 35.4 Å². The molecular formula is C18H23F3N2O. The topological polar surface area (TPSA) is 32.3 Å². The fourth-order valence-electron chi connectivity index (χ4n) is 3.30. The Hall–Kier alpha value is -1.56. The van der Waals surface area contributed by atoms with E-state index in [-0.39, 0.29) is 12.0 Å². The summed E-state index contributed by atoms with van der Waals surface area (Å²) in [4.78, 5) is 14.1. The lowest BCUT2D eigenvalue weighted by Gasteiger charge is -2.37. The van der Waals surface area contributed by atoms with Crippen LogP contribution in [0.2, 0.25) is 0 Å². The third-order valence-electron chi connectivity index (χ3n) is 4.99. The zero-order valence-electron chi connectivity index (χ0n) is 13.8. The molecule has 0 radical (unpaired) electrons. The van der Waals surface area contributed by atoms with Gasteiger partial charge in [-0.15, -0.1) is 0 Å². The van der Waals surface area contributed by atoms with Crippen molar-refractivity contribution >= 4 is 5.91 Å². The van der Waals surface area contributed by atoms with Crippen molar-refractivity contribution in [3.8, 4) is 0 Å². The molecule has 1 aliphatic carbocycles. The van der Waals surface area contributed by atoms with E-state index in [0.29, 0.717) is 18.4 Å². The van der Waals surface area contributed by atoms with Gasteiger partial charge in [-0.3, -0.25) is 4.79 Å². The van der Waals surface area contributed by atoms with Gasteiger partial charge in [-0.25, -0.2) is 0 Å². The Labute approximate surface area is 140 Å². The van der Waals surface area contributed by atoms with Crippen molar-refractivity contribution in [1.29, 1.82) is 0 Å². The van der Waals surface area contributed by atoms with Crippen LogP contribution < -0.4 is 5.32 Å². The largest absolute Gasteiger partial charge is 0.416 e. The number of rotatable bonds is 4. The number of benzene rings is 1. The highest BCUT2D eigenvalue weighted by atomic mass is 19.4. The number of likely N-dealkylation sites (tertiary alicyclic amines) is 1. The summed E-state index contributed by atoms with van der Waals surface area (Å²) in [7, 11) is 0. The molecule has 24 heavy (non-hydrogen) atoms. The summed E-state index contributed by atoms with van der Waals surface area (Å²) in [5, 5.41) is 3.43. The molecule has 1 heterocycles. The summed E-state index contributed by atoms with van der Waals surface area (Å²) in [5.41, 5.74) is 0.221. The van der Waals surface area contributed by atoms with Crippen LogP contribution in [0.15, 0.2) is 24.3 Å². The van der Waals surface area contributed by atoms with Gasteiger partial charge in [0.25, 0.3) is 0 Å². The Kier molecular flexibility index (Phi) is 4.85. The molecule has 6 heteroatoms. The summed E-state index contributed by atoms with van der Waals surface area (Å²) in [6, 6.07) is 5.57. The van der Waals surface area contributed by atoms with Crippen LogP contribution in [-0.2, 0) is 17.5 Å². The van der Waals surface area contributed by atoms with E-state index in [9.17, 15) is 18.0 Å². The van der Waals surface area contributed by atoms with E-state index in [4.69, 9.17) is 0 Å². The summed E-state index contributed by atoms with van der Waals surface area (Å²) in [5.74, 6) is 0.896. The van der Waals surface area contributed by atoms with E-state index in [2.05, 4.69) is 12.2 Å². The number of carbonyl (C=O) groups excluding carboxylic acids is 1. The highest BCUT2D eigenvalue weighted by molar-refractivity contribution is 5.81. The standard InChI is InChI=1S/C18H23F3N2O/c1-12-11-23(17(24)14-4-5-14)9-8-16(12)22-10-13-2-6-15(7-3-13)18(19,20)21/h2-3,6-7,12,14,16,22H,4-5,8-11H2,1H3/t12-,16+/m0/s1. The molecule has 1 N–H and O–H groups in total. The first kappa shape index (κ1) is 17.3. The van der Waals surface area contributed by atoms with Gasteiger partial charge in [-0.2, -0.15) is 13.2 Å². The zero-order chi connectivity index (χ0) is 17.3. The zero-order valence-corrected chi connectivity index (χ0v) is 13.8. The molecule has 1 aromatic rings. The van der Waals surface area contributed by atoms with E-state index in [1.54, 1.807) is 0 Å². The van der Waals surface area contributed by atoms with Crippen molar-refractivity contribution in [3.63, 3.8) is 0 Å². The highest BCUT2D eigenvalue weighted by Crippen LogP contribution is 2.32. The van der Waals surface area contributed by atoms with E-state index >= 15 is 0 Å². The minimum atomic E-state index is -4.29. The van der Waals surface area contributed by atoms with E-state index in [1.807, 2.05) is 4.90 Å². The number of nitrogens with one attached hydrogen (secondary N) is 1. The normalized spacial score (nSPS) is 24.9. The van der Waals surface area contributed by atoms with Crippen LogP contribution >= 0.6 is 0 Å². The van der Waals surface area contributed by atoms with Gasteiger partial charge in [0.05, 0.1) is 5.56 Å². The molecule has 2 fully saturated rings. The molecule has 3 nitrogen and oxygen atoms in total. The molecule has 1 amide bonds. The predicted molar refractivity (Wildman–Crippen MR) is 85.2 cm³/mol. The third-order valence-corrected chi connectivity index (χ3v) is 4.99. The highest BCUT2D eigenvalue weighted by Gasteiger charge is 2.36. The molecule has 3 rings (SSSR count). The lowest BCUT2D eigenvalue weighted by Crippen LogP contribution is -2.50. The van der Waals surface area contributed by atoms with E-state index < -0.39 is 11.7 Å². The third kappa shape index (κ3) is 4.09. The Morgan fingerprint density at radius 2 is 1.88 bits per heavy atom. The molecule has 0 unspecified atom stereocenters. The first-order chi connectivity index (χ1) is 11.3. The first-order valence-corrected chi connectivity index (χ1v) is 8.53. The Morgan fingerprint density at radius 1 is 1.21 bits per heavy atom. The Bertz CT molecular complexity index is 581.